The zero-order chi connectivity index (χ0) is 15.6. The van der Waals surface area contributed by atoms with Gasteiger partial charge in [0.1, 0.15) is 0 Å². The highest BCUT2D eigenvalue weighted by atomic mass is 127. The third-order valence-corrected chi connectivity index (χ3v) is 5.84. The molecule has 23 heavy (non-hydrogen) atoms. The Morgan fingerprint density at radius 2 is 1.78 bits per heavy atom. The predicted molar refractivity (Wildman–Crippen MR) is 110 cm³/mol. The van der Waals surface area contributed by atoms with E-state index in [0.29, 0.717) is 11.8 Å². The Morgan fingerprint density at radius 1 is 1.04 bits per heavy atom. The fraction of sp³-hybridized carbons (Fsp3) is 0.875. The molecule has 3 N–H and O–H groups in total. The van der Waals surface area contributed by atoms with Crippen molar-refractivity contribution >= 4 is 47.6 Å². The molecule has 1 saturated carbocycles. The Bertz CT molecular complexity index is 369. The van der Waals surface area contributed by atoms with Gasteiger partial charge >= 0.3 is 0 Å². The summed E-state index contributed by atoms with van der Waals surface area (Å²) < 4.78 is 0. The van der Waals surface area contributed by atoms with Gasteiger partial charge in [-0.2, -0.15) is 11.8 Å². The molecule has 134 valence electrons. The van der Waals surface area contributed by atoms with Crippen LogP contribution < -0.4 is 16.0 Å². The highest BCUT2D eigenvalue weighted by Gasteiger charge is 2.20. The van der Waals surface area contributed by atoms with Crippen LogP contribution >= 0.6 is 35.7 Å². The van der Waals surface area contributed by atoms with E-state index >= 15 is 0 Å². The summed E-state index contributed by atoms with van der Waals surface area (Å²) in [7, 11) is 1.79. The topological polar surface area (TPSA) is 65.5 Å². The number of guanidine groups is 1. The quantitative estimate of drug-likeness (QED) is 0.250. The maximum atomic E-state index is 12.0. The zero-order valence-corrected chi connectivity index (χ0v) is 17.3. The van der Waals surface area contributed by atoms with Gasteiger partial charge in [0, 0.05) is 37.8 Å². The van der Waals surface area contributed by atoms with Gasteiger partial charge in [-0.15, -0.1) is 24.0 Å². The van der Waals surface area contributed by atoms with E-state index in [-0.39, 0.29) is 35.8 Å². The number of carbonyl (C=O) groups excluding carboxylic acids is 1. The van der Waals surface area contributed by atoms with Crippen LogP contribution in [0.15, 0.2) is 4.99 Å². The average Bonchev–Trinajstić information content (AvgIpc) is 3.08. The Morgan fingerprint density at radius 3 is 2.43 bits per heavy atom. The van der Waals surface area contributed by atoms with Crippen LogP contribution in [-0.4, -0.2) is 49.6 Å². The Kier molecular flexibility index (Phi) is 11.1. The number of thioether (sulfide) groups is 1. The summed E-state index contributed by atoms with van der Waals surface area (Å²) in [6.07, 6.45) is 8.43. The van der Waals surface area contributed by atoms with Crippen LogP contribution in [-0.2, 0) is 4.79 Å². The molecule has 1 amide bonds. The first kappa shape index (κ1) is 20.9. The van der Waals surface area contributed by atoms with Crippen LogP contribution in [0.2, 0.25) is 0 Å². The van der Waals surface area contributed by atoms with Gasteiger partial charge in [0.05, 0.1) is 0 Å². The molecular formula is C16H31IN4OS. The molecule has 2 rings (SSSR count). The largest absolute Gasteiger partial charge is 0.355 e. The highest BCUT2D eigenvalue weighted by molar-refractivity contribution is 14.0. The smallest absolute Gasteiger partial charge is 0.223 e. The summed E-state index contributed by atoms with van der Waals surface area (Å²) in [5, 5.41) is 10.4. The van der Waals surface area contributed by atoms with Crippen LogP contribution in [0.25, 0.3) is 0 Å². The molecule has 0 aromatic rings. The summed E-state index contributed by atoms with van der Waals surface area (Å²) in [6.45, 7) is 2.35. The molecule has 5 nitrogen and oxygen atoms in total. The maximum Gasteiger partial charge on any atom is 0.223 e. The molecule has 2 fully saturated rings. The zero-order valence-electron chi connectivity index (χ0n) is 14.1. The third kappa shape index (κ3) is 7.96. The molecule has 0 bridgehead atoms. The van der Waals surface area contributed by atoms with Crippen molar-refractivity contribution in [3.8, 4) is 0 Å². The minimum absolute atomic E-state index is 0. The first-order chi connectivity index (χ1) is 10.8. The van der Waals surface area contributed by atoms with Gasteiger partial charge in [-0.1, -0.05) is 19.3 Å². The van der Waals surface area contributed by atoms with Crippen LogP contribution in [0, 0.1) is 5.92 Å². The van der Waals surface area contributed by atoms with E-state index in [9.17, 15) is 4.79 Å². The Balaban J connectivity index is 0.00000264. The molecule has 0 aromatic heterocycles. The van der Waals surface area contributed by atoms with Crippen molar-refractivity contribution in [2.24, 2.45) is 10.9 Å². The van der Waals surface area contributed by atoms with Crippen LogP contribution in [0.1, 0.15) is 44.9 Å². The van der Waals surface area contributed by atoms with Gasteiger partial charge < -0.3 is 16.0 Å². The van der Waals surface area contributed by atoms with Crippen LogP contribution in [0.5, 0.6) is 0 Å². The number of amides is 1. The maximum absolute atomic E-state index is 12.0. The average molecular weight is 454 g/mol. The highest BCUT2D eigenvalue weighted by Crippen LogP contribution is 2.25. The third-order valence-electron chi connectivity index (χ3n) is 4.44. The number of carbonyl (C=O) groups is 1. The normalized spacial score (nSPS) is 22.3. The first-order valence-electron chi connectivity index (χ1n) is 8.63. The van der Waals surface area contributed by atoms with Crippen LogP contribution in [0.4, 0.5) is 0 Å². The van der Waals surface area contributed by atoms with Crippen molar-refractivity contribution in [1.82, 2.24) is 16.0 Å². The minimum atomic E-state index is 0. The molecule has 2 aliphatic rings. The Labute approximate surface area is 161 Å². The molecule has 1 unspecified atom stereocenters. The van der Waals surface area contributed by atoms with Gasteiger partial charge in [-0.3, -0.25) is 9.79 Å². The van der Waals surface area contributed by atoms with Crippen molar-refractivity contribution in [3.05, 3.63) is 0 Å². The summed E-state index contributed by atoms with van der Waals surface area (Å²) in [5.74, 6) is 2.59. The molecule has 0 radical (unpaired) electrons. The lowest BCUT2D eigenvalue weighted by molar-refractivity contribution is -0.125. The summed E-state index contributed by atoms with van der Waals surface area (Å²) in [5.41, 5.74) is 0. The standard InChI is InChI=1S/C16H30N4OS.HI/c1-17-16(20-12-14-8-5-11-22-14)19-10-9-18-15(21)13-6-3-2-4-7-13;/h13-14H,2-12H2,1H3,(H,18,21)(H2,17,19,20);1H. The van der Waals surface area contributed by atoms with E-state index in [1.165, 1.54) is 37.9 Å². The molecular weight excluding hydrogens is 423 g/mol. The van der Waals surface area contributed by atoms with Crippen molar-refractivity contribution in [2.75, 3.05) is 32.4 Å². The number of hydrogen-bond acceptors (Lipinski definition) is 3. The Hall–Kier alpha value is -0.180. The molecule has 1 saturated heterocycles. The van der Waals surface area contributed by atoms with Crippen molar-refractivity contribution in [3.63, 3.8) is 0 Å². The van der Waals surface area contributed by atoms with Crippen LogP contribution in [0.3, 0.4) is 0 Å². The SMILES string of the molecule is CN=C(NCCNC(=O)C1CCCCC1)NCC1CCCS1.I. The van der Waals surface area contributed by atoms with Gasteiger partial charge in [0.15, 0.2) is 5.96 Å². The monoisotopic (exact) mass is 454 g/mol. The number of hydrogen-bond donors (Lipinski definition) is 3. The molecule has 0 aromatic carbocycles. The minimum Gasteiger partial charge on any atom is -0.355 e. The number of nitrogens with zero attached hydrogens (tertiary/aromatic N) is 1. The lowest BCUT2D eigenvalue weighted by Gasteiger charge is -2.21. The first-order valence-corrected chi connectivity index (χ1v) is 9.68. The lowest BCUT2D eigenvalue weighted by atomic mass is 9.89. The van der Waals surface area contributed by atoms with Crippen molar-refractivity contribution in [2.45, 2.75) is 50.2 Å². The predicted octanol–water partition coefficient (Wildman–Crippen LogP) is 2.36. The number of halogens is 1. The second kappa shape index (κ2) is 12.2. The molecule has 1 atom stereocenters. The molecule has 1 aliphatic carbocycles. The summed E-state index contributed by atoms with van der Waals surface area (Å²) in [4.78, 5) is 16.3. The number of nitrogens with one attached hydrogen (secondary N) is 3. The fourth-order valence-corrected chi connectivity index (χ4v) is 4.31. The van der Waals surface area contributed by atoms with Gasteiger partial charge in [0.25, 0.3) is 0 Å². The van der Waals surface area contributed by atoms with Gasteiger partial charge in [0.2, 0.25) is 5.91 Å². The second-order valence-corrected chi connectivity index (χ2v) is 7.55. The van der Waals surface area contributed by atoms with Crippen molar-refractivity contribution in [1.29, 1.82) is 0 Å². The van der Waals surface area contributed by atoms with E-state index in [2.05, 4.69) is 20.9 Å². The number of aliphatic imine (C=N–C) groups is 1. The van der Waals surface area contributed by atoms with E-state index in [0.717, 1.165) is 31.9 Å². The van der Waals surface area contributed by atoms with E-state index in [4.69, 9.17) is 0 Å². The molecule has 0 spiro atoms. The number of rotatable bonds is 6. The summed E-state index contributed by atoms with van der Waals surface area (Å²) >= 11 is 2.04. The van der Waals surface area contributed by atoms with Crippen molar-refractivity contribution < 1.29 is 4.79 Å². The van der Waals surface area contributed by atoms with E-state index in [1.807, 2.05) is 11.8 Å². The van der Waals surface area contributed by atoms with E-state index in [1.54, 1.807) is 7.05 Å². The van der Waals surface area contributed by atoms with Gasteiger partial charge in [-0.05, 0) is 31.4 Å². The lowest BCUT2D eigenvalue weighted by Crippen LogP contribution is -2.44. The molecule has 1 heterocycles. The second-order valence-electron chi connectivity index (χ2n) is 6.14. The molecule has 1 aliphatic heterocycles. The summed E-state index contributed by atoms with van der Waals surface area (Å²) in [6, 6.07) is 0. The molecule has 7 heteroatoms. The fourth-order valence-electron chi connectivity index (χ4n) is 3.11. The van der Waals surface area contributed by atoms with Gasteiger partial charge in [-0.25, -0.2) is 0 Å². The van der Waals surface area contributed by atoms with E-state index < -0.39 is 0 Å².